The van der Waals surface area contributed by atoms with Gasteiger partial charge in [-0.3, -0.25) is 15.1 Å². The largest absolute Gasteiger partial charge is 0.438 e. The minimum atomic E-state index is -4.79. The lowest BCUT2D eigenvalue weighted by molar-refractivity contribution is -0.141. The summed E-state index contributed by atoms with van der Waals surface area (Å²) < 4.78 is 52.7. The van der Waals surface area contributed by atoms with Crippen LogP contribution in [0.2, 0.25) is 5.02 Å². The van der Waals surface area contributed by atoms with E-state index in [1.807, 2.05) is 24.3 Å². The number of piperazine rings is 1. The quantitative estimate of drug-likeness (QED) is 0.350. The maximum Gasteiger partial charge on any atom is 0.418 e. The van der Waals surface area contributed by atoms with Crippen molar-refractivity contribution in [3.63, 3.8) is 0 Å². The molecule has 1 aromatic heterocycles. The summed E-state index contributed by atoms with van der Waals surface area (Å²) in [6.45, 7) is 1.89. The van der Waals surface area contributed by atoms with Gasteiger partial charge in [-0.2, -0.15) is 13.2 Å². The Morgan fingerprint density at radius 1 is 1.02 bits per heavy atom. The van der Waals surface area contributed by atoms with Crippen LogP contribution in [-0.4, -0.2) is 78.2 Å². The van der Waals surface area contributed by atoms with E-state index in [0.29, 0.717) is 31.9 Å². The second-order valence-electron chi connectivity index (χ2n) is 11.7. The lowest BCUT2D eigenvalue weighted by Crippen LogP contribution is -2.54. The summed E-state index contributed by atoms with van der Waals surface area (Å²) >= 11 is 6.07. The summed E-state index contributed by atoms with van der Waals surface area (Å²) in [4.78, 5) is 48.8. The van der Waals surface area contributed by atoms with E-state index in [0.717, 1.165) is 17.3 Å². The van der Waals surface area contributed by atoms with Crippen LogP contribution >= 0.6 is 11.6 Å². The number of nitrogens with one attached hydrogen (secondary N) is 1. The number of amides is 3. The average molecular weight is 673 g/mol. The molecule has 0 bridgehead atoms. The molecule has 11 nitrogen and oxygen atoms in total. The maximum atomic E-state index is 13.9. The van der Waals surface area contributed by atoms with Crippen molar-refractivity contribution in [2.24, 2.45) is 0 Å². The van der Waals surface area contributed by atoms with Gasteiger partial charge in [0.15, 0.2) is 6.10 Å². The van der Waals surface area contributed by atoms with Gasteiger partial charge in [-0.25, -0.2) is 9.59 Å². The van der Waals surface area contributed by atoms with Gasteiger partial charge in [0.2, 0.25) is 0 Å². The molecule has 3 aliphatic rings. The highest BCUT2D eigenvalue weighted by Gasteiger charge is 2.46. The molecule has 1 spiro atoms. The molecule has 3 amide bonds. The van der Waals surface area contributed by atoms with Crippen molar-refractivity contribution in [1.29, 1.82) is 0 Å². The number of alkyl halides is 3. The number of hydrogen-bond donors (Lipinski definition) is 2. The Morgan fingerprint density at radius 2 is 1.70 bits per heavy atom. The third kappa shape index (κ3) is 6.73. The number of halogens is 4. The number of para-hydroxylation sites is 1. The first-order chi connectivity index (χ1) is 22.4. The van der Waals surface area contributed by atoms with Crippen molar-refractivity contribution in [1.82, 2.24) is 14.8 Å². The summed E-state index contributed by atoms with van der Waals surface area (Å²) in [5.41, 5.74) is 5.33. The highest BCUT2D eigenvalue weighted by atomic mass is 35.5. The molecule has 0 radical (unpaired) electrons. The molecule has 3 aromatic rings. The van der Waals surface area contributed by atoms with Gasteiger partial charge in [-0.15, -0.1) is 0 Å². The Balaban J connectivity index is 1.19. The first kappa shape index (κ1) is 32.2. The first-order valence-electron chi connectivity index (χ1n) is 15.1. The third-order valence-electron chi connectivity index (χ3n) is 8.83. The van der Waals surface area contributed by atoms with Crippen molar-refractivity contribution in [2.75, 3.05) is 55.2 Å². The van der Waals surface area contributed by atoms with E-state index >= 15 is 0 Å². The van der Waals surface area contributed by atoms with E-state index in [1.54, 1.807) is 24.5 Å². The van der Waals surface area contributed by atoms with Crippen LogP contribution in [0.25, 0.3) is 0 Å². The molecule has 248 valence electrons. The van der Waals surface area contributed by atoms with Gasteiger partial charge in [0.1, 0.15) is 5.60 Å². The molecular weight excluding hydrogens is 641 g/mol. The minimum Gasteiger partial charge on any atom is -0.438 e. The van der Waals surface area contributed by atoms with E-state index in [1.165, 1.54) is 15.9 Å². The Morgan fingerprint density at radius 3 is 2.38 bits per heavy atom. The fraction of sp³-hybridized carbons (Fsp3) is 0.375. The van der Waals surface area contributed by atoms with Crippen LogP contribution in [0, 0.1) is 0 Å². The number of nitrogens with two attached hydrogens (primary N) is 1. The van der Waals surface area contributed by atoms with Crippen LogP contribution in [0.3, 0.4) is 0 Å². The molecule has 0 aliphatic carbocycles. The standard InChI is InChI=1S/C32H32ClF3N6O5/c33-24-18-20(17-23(27(24)37)32(34,35)36)19-26(28(43)41-15-13-40(14-16-41)21-5-9-38-10-6-21)46-30(45)42-11-7-31(8-12-42)22-3-1-2-4-25(22)39-29(44)47-31/h1-6,9-10,17-18,26H,7-8,11-16,19,37H2,(H,39,44)/t26-/m1/s1. The smallest absolute Gasteiger partial charge is 0.418 e. The molecule has 0 unspecified atom stereocenters. The minimum absolute atomic E-state index is 0.0360. The van der Waals surface area contributed by atoms with Crippen molar-refractivity contribution in [3.8, 4) is 0 Å². The summed E-state index contributed by atoms with van der Waals surface area (Å²) in [7, 11) is 0. The molecular formula is C32H32ClF3N6O5. The van der Waals surface area contributed by atoms with E-state index in [9.17, 15) is 27.6 Å². The predicted molar refractivity (Wildman–Crippen MR) is 167 cm³/mol. The Bertz CT molecular complexity index is 1660. The Hall–Kier alpha value is -4.72. The summed E-state index contributed by atoms with van der Waals surface area (Å²) in [6.07, 6.45) is -4.07. The van der Waals surface area contributed by atoms with Crippen LogP contribution in [0.4, 0.5) is 39.8 Å². The number of anilines is 3. The molecule has 6 rings (SSSR count). The van der Waals surface area contributed by atoms with Gasteiger partial charge >= 0.3 is 18.4 Å². The number of nitrogen functional groups attached to an aromatic ring is 1. The van der Waals surface area contributed by atoms with E-state index < -0.39 is 47.2 Å². The summed E-state index contributed by atoms with van der Waals surface area (Å²) in [5.74, 6) is -0.538. The number of nitrogens with zero attached hydrogens (tertiary/aromatic N) is 4. The second-order valence-corrected chi connectivity index (χ2v) is 12.1. The van der Waals surface area contributed by atoms with Gasteiger partial charge in [0, 0.05) is 82.2 Å². The molecule has 4 heterocycles. The number of hydrogen-bond acceptors (Lipinski definition) is 8. The number of carbonyl (C=O) groups is 3. The molecule has 3 aliphatic heterocycles. The fourth-order valence-corrected chi connectivity index (χ4v) is 6.58. The van der Waals surface area contributed by atoms with Crippen LogP contribution in [-0.2, 0) is 32.5 Å². The van der Waals surface area contributed by atoms with Crippen LogP contribution in [0.1, 0.15) is 29.5 Å². The highest BCUT2D eigenvalue weighted by Crippen LogP contribution is 2.43. The maximum absolute atomic E-state index is 13.9. The SMILES string of the molecule is Nc1c(Cl)cc(C[C@@H](OC(=O)N2CCC3(CC2)OC(=O)Nc2ccccc23)C(=O)N2CCN(c3ccncc3)CC2)cc1C(F)(F)F. The van der Waals surface area contributed by atoms with Crippen molar-refractivity contribution < 1.29 is 37.0 Å². The first-order valence-corrected chi connectivity index (χ1v) is 15.5. The topological polar surface area (TPSA) is 130 Å². The molecule has 15 heteroatoms. The van der Waals surface area contributed by atoms with Gasteiger partial charge in [0.25, 0.3) is 5.91 Å². The number of fused-ring (bicyclic) bond motifs is 2. The summed E-state index contributed by atoms with van der Waals surface area (Å²) in [5, 5.41) is 2.37. The molecule has 0 saturated carbocycles. The lowest BCUT2D eigenvalue weighted by atomic mass is 9.82. The Labute approximate surface area is 273 Å². The number of rotatable bonds is 5. The number of likely N-dealkylation sites (tertiary alicyclic amines) is 1. The number of carbonyl (C=O) groups excluding carboxylic acids is 3. The number of ether oxygens (including phenoxy) is 2. The summed E-state index contributed by atoms with van der Waals surface area (Å²) in [6, 6.07) is 13.1. The number of aromatic nitrogens is 1. The highest BCUT2D eigenvalue weighted by molar-refractivity contribution is 6.33. The monoisotopic (exact) mass is 672 g/mol. The lowest BCUT2D eigenvalue weighted by Gasteiger charge is -2.44. The Kier molecular flexibility index (Phi) is 8.79. The third-order valence-corrected chi connectivity index (χ3v) is 9.14. The van der Waals surface area contributed by atoms with E-state index in [-0.39, 0.29) is 42.9 Å². The van der Waals surface area contributed by atoms with Crippen LogP contribution in [0.15, 0.2) is 60.9 Å². The molecule has 2 aromatic carbocycles. The van der Waals surface area contributed by atoms with Gasteiger partial charge in [-0.05, 0) is 35.9 Å². The number of benzene rings is 2. The molecule has 47 heavy (non-hydrogen) atoms. The van der Waals surface area contributed by atoms with Crippen molar-refractivity contribution in [2.45, 2.75) is 37.1 Å². The normalized spacial score (nSPS) is 18.2. The molecule has 1 atom stereocenters. The zero-order valence-electron chi connectivity index (χ0n) is 25.1. The van der Waals surface area contributed by atoms with E-state index in [2.05, 4.69) is 15.2 Å². The second kappa shape index (κ2) is 12.8. The van der Waals surface area contributed by atoms with Crippen molar-refractivity contribution >= 4 is 46.8 Å². The number of piperidine rings is 1. The van der Waals surface area contributed by atoms with Gasteiger partial charge < -0.3 is 29.9 Å². The fourth-order valence-electron chi connectivity index (χ4n) is 6.34. The predicted octanol–water partition coefficient (Wildman–Crippen LogP) is 5.29. The van der Waals surface area contributed by atoms with Crippen LogP contribution in [0.5, 0.6) is 0 Å². The molecule has 3 N–H and O–H groups in total. The van der Waals surface area contributed by atoms with Crippen LogP contribution < -0.4 is 16.0 Å². The zero-order chi connectivity index (χ0) is 33.3. The average Bonchev–Trinajstić information content (AvgIpc) is 3.06. The zero-order valence-corrected chi connectivity index (χ0v) is 25.9. The molecule has 2 saturated heterocycles. The molecule has 2 fully saturated rings. The van der Waals surface area contributed by atoms with E-state index in [4.69, 9.17) is 26.8 Å². The van der Waals surface area contributed by atoms with Crippen molar-refractivity contribution in [3.05, 3.63) is 82.6 Å². The van der Waals surface area contributed by atoms with Gasteiger partial charge in [0.05, 0.1) is 22.0 Å². The number of pyridine rings is 1. The van der Waals surface area contributed by atoms with Gasteiger partial charge in [-0.1, -0.05) is 29.8 Å².